The van der Waals surface area contributed by atoms with E-state index < -0.39 is 12.1 Å². The van der Waals surface area contributed by atoms with E-state index in [4.69, 9.17) is 15.3 Å². The molecule has 4 nitrogen and oxygen atoms in total. The van der Waals surface area contributed by atoms with Crippen molar-refractivity contribution >= 4 is 5.97 Å². The van der Waals surface area contributed by atoms with E-state index in [0.29, 0.717) is 13.0 Å². The Bertz CT molecular complexity index is 182. The first-order valence-electron chi connectivity index (χ1n) is 6.70. The summed E-state index contributed by atoms with van der Waals surface area (Å²) in [6.07, 6.45) is 8.92. The molecule has 0 aromatic heterocycles. The number of unbranched alkanes of at least 4 members (excludes halogenated alkanes) is 8. The van der Waals surface area contributed by atoms with Crippen LogP contribution in [-0.2, 0) is 4.79 Å². The van der Waals surface area contributed by atoms with Gasteiger partial charge in [-0.25, -0.2) is 4.79 Å². The van der Waals surface area contributed by atoms with Gasteiger partial charge in [-0.05, 0) is 12.8 Å². The lowest BCUT2D eigenvalue weighted by Crippen LogP contribution is -2.18. The lowest BCUT2D eigenvalue weighted by atomic mass is 10.1. The molecular weight excluding hydrogens is 220 g/mol. The molecule has 0 heterocycles. The van der Waals surface area contributed by atoms with Gasteiger partial charge in [0.15, 0.2) is 6.10 Å². The lowest BCUT2D eigenvalue weighted by molar-refractivity contribution is -0.146. The summed E-state index contributed by atoms with van der Waals surface area (Å²) in [4.78, 5) is 10.3. The van der Waals surface area contributed by atoms with Gasteiger partial charge in [-0.3, -0.25) is 0 Å². The first-order valence-corrected chi connectivity index (χ1v) is 6.70. The van der Waals surface area contributed by atoms with E-state index in [1.807, 2.05) is 0 Å². The smallest absolute Gasteiger partial charge is 0.332 e. The summed E-state index contributed by atoms with van der Waals surface area (Å²) in [5.74, 6) is -1.12. The second-order valence-electron chi connectivity index (χ2n) is 4.55. The normalized spacial score (nSPS) is 12.6. The third-order valence-corrected chi connectivity index (χ3v) is 2.92. The van der Waals surface area contributed by atoms with Crippen LogP contribution in [0.5, 0.6) is 0 Å². The van der Waals surface area contributed by atoms with Gasteiger partial charge in [-0.15, -0.1) is 0 Å². The minimum Gasteiger partial charge on any atom is -0.479 e. The Labute approximate surface area is 104 Å². The standard InChI is InChI=1S/C13H26O4/c14-11-9-7-5-3-1-2-4-6-8-10-12(15)13(16)17/h12,14-15H,1-11H2,(H,16,17). The molecular formula is C13H26O4. The van der Waals surface area contributed by atoms with Crippen LogP contribution in [-0.4, -0.2) is 34.0 Å². The van der Waals surface area contributed by atoms with E-state index in [1.54, 1.807) is 0 Å². The second-order valence-corrected chi connectivity index (χ2v) is 4.55. The van der Waals surface area contributed by atoms with Crippen LogP contribution in [0.15, 0.2) is 0 Å². The topological polar surface area (TPSA) is 77.8 Å². The van der Waals surface area contributed by atoms with Gasteiger partial charge >= 0.3 is 5.97 Å². The quantitative estimate of drug-likeness (QED) is 0.462. The molecule has 0 aliphatic rings. The maximum absolute atomic E-state index is 10.3. The van der Waals surface area contributed by atoms with Crippen LogP contribution in [0, 0.1) is 0 Å². The highest BCUT2D eigenvalue weighted by Crippen LogP contribution is 2.11. The molecule has 0 amide bonds. The molecule has 1 atom stereocenters. The maximum Gasteiger partial charge on any atom is 0.332 e. The summed E-state index contributed by atoms with van der Waals surface area (Å²) in [5, 5.41) is 26.1. The number of carbonyl (C=O) groups is 1. The van der Waals surface area contributed by atoms with E-state index in [1.165, 1.54) is 25.7 Å². The van der Waals surface area contributed by atoms with Gasteiger partial charge in [0.05, 0.1) is 0 Å². The Morgan fingerprint density at radius 3 is 1.65 bits per heavy atom. The van der Waals surface area contributed by atoms with Crippen molar-refractivity contribution in [3.63, 3.8) is 0 Å². The fourth-order valence-electron chi connectivity index (χ4n) is 1.81. The minimum absolute atomic E-state index is 0.298. The number of rotatable bonds is 12. The van der Waals surface area contributed by atoms with E-state index in [-0.39, 0.29) is 0 Å². The van der Waals surface area contributed by atoms with Crippen LogP contribution in [0.1, 0.15) is 64.2 Å². The maximum atomic E-state index is 10.3. The zero-order valence-corrected chi connectivity index (χ0v) is 10.6. The molecule has 0 spiro atoms. The molecule has 4 heteroatoms. The summed E-state index contributed by atoms with van der Waals surface area (Å²) >= 11 is 0. The van der Waals surface area contributed by atoms with Crippen molar-refractivity contribution in [1.29, 1.82) is 0 Å². The van der Waals surface area contributed by atoms with Crippen LogP contribution in [0.3, 0.4) is 0 Å². The number of carboxylic acids is 1. The predicted molar refractivity (Wildman–Crippen MR) is 66.9 cm³/mol. The van der Waals surface area contributed by atoms with Crippen molar-refractivity contribution in [2.24, 2.45) is 0 Å². The summed E-state index contributed by atoms with van der Waals surface area (Å²) in [5.41, 5.74) is 0. The molecule has 0 radical (unpaired) electrons. The highest BCUT2D eigenvalue weighted by molar-refractivity contribution is 5.71. The van der Waals surface area contributed by atoms with Crippen LogP contribution in [0.2, 0.25) is 0 Å². The Balaban J connectivity index is 3.06. The Hall–Kier alpha value is -0.610. The fraction of sp³-hybridized carbons (Fsp3) is 0.923. The largest absolute Gasteiger partial charge is 0.479 e. The van der Waals surface area contributed by atoms with Gasteiger partial charge in [0, 0.05) is 6.61 Å². The Morgan fingerprint density at radius 1 is 0.824 bits per heavy atom. The summed E-state index contributed by atoms with van der Waals surface area (Å²) in [7, 11) is 0. The molecule has 0 fully saturated rings. The van der Waals surface area contributed by atoms with Gasteiger partial charge in [0.25, 0.3) is 0 Å². The third kappa shape index (κ3) is 11.6. The van der Waals surface area contributed by atoms with Crippen molar-refractivity contribution in [1.82, 2.24) is 0 Å². The molecule has 0 saturated heterocycles. The number of hydrogen-bond donors (Lipinski definition) is 3. The molecule has 0 saturated carbocycles. The first-order chi connectivity index (χ1) is 8.18. The first kappa shape index (κ1) is 16.4. The number of aliphatic carboxylic acids is 1. The molecule has 0 aliphatic carbocycles. The predicted octanol–water partition coefficient (Wildman–Crippen LogP) is 2.33. The zero-order chi connectivity index (χ0) is 12.9. The zero-order valence-electron chi connectivity index (χ0n) is 10.6. The lowest BCUT2D eigenvalue weighted by Gasteiger charge is -2.05. The Morgan fingerprint density at radius 2 is 1.24 bits per heavy atom. The average Bonchev–Trinajstić information content (AvgIpc) is 2.31. The van der Waals surface area contributed by atoms with Crippen molar-refractivity contribution in [2.45, 2.75) is 70.3 Å². The van der Waals surface area contributed by atoms with Gasteiger partial charge < -0.3 is 15.3 Å². The number of aliphatic hydroxyl groups excluding tert-OH is 2. The fourth-order valence-corrected chi connectivity index (χ4v) is 1.81. The molecule has 17 heavy (non-hydrogen) atoms. The molecule has 0 aliphatic heterocycles. The van der Waals surface area contributed by atoms with Crippen LogP contribution in [0.4, 0.5) is 0 Å². The molecule has 0 rings (SSSR count). The van der Waals surface area contributed by atoms with E-state index in [9.17, 15) is 4.79 Å². The summed E-state index contributed by atoms with van der Waals surface area (Å²) in [6, 6.07) is 0. The van der Waals surface area contributed by atoms with Crippen LogP contribution in [0.25, 0.3) is 0 Å². The van der Waals surface area contributed by atoms with E-state index >= 15 is 0 Å². The minimum atomic E-state index is -1.19. The van der Waals surface area contributed by atoms with Gasteiger partial charge in [-0.1, -0.05) is 51.4 Å². The highest BCUT2D eigenvalue weighted by Gasteiger charge is 2.11. The SMILES string of the molecule is O=C(O)C(O)CCCCCCCCCCCO. The van der Waals surface area contributed by atoms with E-state index in [0.717, 1.165) is 32.1 Å². The van der Waals surface area contributed by atoms with E-state index in [2.05, 4.69) is 0 Å². The third-order valence-electron chi connectivity index (χ3n) is 2.92. The highest BCUT2D eigenvalue weighted by atomic mass is 16.4. The molecule has 0 aromatic rings. The molecule has 0 bridgehead atoms. The van der Waals surface area contributed by atoms with Crippen LogP contribution >= 0.6 is 0 Å². The van der Waals surface area contributed by atoms with Crippen molar-refractivity contribution < 1.29 is 20.1 Å². The van der Waals surface area contributed by atoms with Gasteiger partial charge in [-0.2, -0.15) is 0 Å². The van der Waals surface area contributed by atoms with Crippen molar-refractivity contribution in [3.8, 4) is 0 Å². The van der Waals surface area contributed by atoms with Crippen LogP contribution < -0.4 is 0 Å². The molecule has 0 aromatic carbocycles. The Kier molecular flexibility index (Phi) is 11.4. The monoisotopic (exact) mass is 246 g/mol. The number of carboxylic acid groups (broad SMARTS) is 1. The molecule has 1 unspecified atom stereocenters. The average molecular weight is 246 g/mol. The van der Waals surface area contributed by atoms with Crippen molar-refractivity contribution in [2.75, 3.05) is 6.61 Å². The van der Waals surface area contributed by atoms with Gasteiger partial charge in [0.1, 0.15) is 0 Å². The number of hydrogen-bond acceptors (Lipinski definition) is 3. The summed E-state index contributed by atoms with van der Waals surface area (Å²) < 4.78 is 0. The summed E-state index contributed by atoms with van der Waals surface area (Å²) in [6.45, 7) is 0.298. The number of aliphatic hydroxyl groups is 2. The van der Waals surface area contributed by atoms with Crippen molar-refractivity contribution in [3.05, 3.63) is 0 Å². The molecule has 102 valence electrons. The van der Waals surface area contributed by atoms with Gasteiger partial charge in [0.2, 0.25) is 0 Å². The second kappa shape index (κ2) is 11.9. The molecule has 3 N–H and O–H groups in total.